The molecule has 0 aliphatic carbocycles. The van der Waals surface area contributed by atoms with E-state index in [-0.39, 0.29) is 5.91 Å². The SMILES string of the molecule is C=CCOc1ccc(NC(=O)[C@@H](CC)Oc2cccc(OC)c2)cc1. The Kier molecular flexibility index (Phi) is 6.89. The Balaban J connectivity index is 1.98. The predicted molar refractivity (Wildman–Crippen MR) is 98.5 cm³/mol. The van der Waals surface area contributed by atoms with E-state index in [1.165, 1.54) is 0 Å². The summed E-state index contributed by atoms with van der Waals surface area (Å²) < 4.78 is 16.4. The second-order valence-electron chi connectivity index (χ2n) is 5.31. The smallest absolute Gasteiger partial charge is 0.265 e. The molecule has 5 heteroatoms. The molecule has 0 spiro atoms. The molecule has 2 rings (SSSR count). The maximum absolute atomic E-state index is 12.4. The second-order valence-corrected chi connectivity index (χ2v) is 5.31. The molecular weight excluding hydrogens is 318 g/mol. The van der Waals surface area contributed by atoms with Crippen LogP contribution in [0.15, 0.2) is 61.2 Å². The van der Waals surface area contributed by atoms with E-state index in [2.05, 4.69) is 11.9 Å². The van der Waals surface area contributed by atoms with Crippen LogP contribution >= 0.6 is 0 Å². The van der Waals surface area contributed by atoms with E-state index in [1.54, 1.807) is 49.6 Å². The Morgan fingerprint density at radius 1 is 1.16 bits per heavy atom. The van der Waals surface area contributed by atoms with Crippen LogP contribution in [0.5, 0.6) is 17.2 Å². The standard InChI is InChI=1S/C20H23NO4/c1-4-13-24-16-11-9-15(10-12-16)21-20(22)19(5-2)25-18-8-6-7-17(14-18)23-3/h4,6-12,14,19H,1,5,13H2,2-3H3,(H,21,22)/t19-/m1/s1. The lowest BCUT2D eigenvalue weighted by Crippen LogP contribution is -2.32. The van der Waals surface area contributed by atoms with E-state index in [0.717, 1.165) is 5.75 Å². The molecule has 25 heavy (non-hydrogen) atoms. The molecule has 0 aliphatic heterocycles. The topological polar surface area (TPSA) is 56.8 Å². The first-order valence-corrected chi connectivity index (χ1v) is 8.11. The van der Waals surface area contributed by atoms with Gasteiger partial charge in [0.05, 0.1) is 7.11 Å². The summed E-state index contributed by atoms with van der Waals surface area (Å²) in [4.78, 5) is 12.4. The van der Waals surface area contributed by atoms with E-state index in [4.69, 9.17) is 14.2 Å². The van der Waals surface area contributed by atoms with Gasteiger partial charge >= 0.3 is 0 Å². The number of hydrogen-bond acceptors (Lipinski definition) is 4. The first-order chi connectivity index (χ1) is 12.2. The minimum Gasteiger partial charge on any atom is -0.497 e. The molecule has 0 unspecified atom stereocenters. The van der Waals surface area contributed by atoms with Crippen molar-refractivity contribution in [2.24, 2.45) is 0 Å². The molecule has 2 aromatic rings. The molecule has 0 aliphatic rings. The van der Waals surface area contributed by atoms with Crippen molar-refractivity contribution in [2.45, 2.75) is 19.4 Å². The van der Waals surface area contributed by atoms with E-state index >= 15 is 0 Å². The molecule has 0 radical (unpaired) electrons. The van der Waals surface area contributed by atoms with Crippen LogP contribution in [0.25, 0.3) is 0 Å². The number of hydrogen-bond donors (Lipinski definition) is 1. The fourth-order valence-corrected chi connectivity index (χ4v) is 2.17. The van der Waals surface area contributed by atoms with Gasteiger partial charge in [0.1, 0.15) is 23.9 Å². The molecular formula is C20H23NO4. The minimum atomic E-state index is -0.594. The number of carbonyl (C=O) groups is 1. The lowest BCUT2D eigenvalue weighted by molar-refractivity contribution is -0.122. The largest absolute Gasteiger partial charge is 0.497 e. The third-order valence-corrected chi connectivity index (χ3v) is 3.47. The molecule has 0 heterocycles. The monoisotopic (exact) mass is 341 g/mol. The molecule has 0 bridgehead atoms. The summed E-state index contributed by atoms with van der Waals surface area (Å²) in [6.45, 7) is 5.94. The summed E-state index contributed by atoms with van der Waals surface area (Å²) in [5.74, 6) is 1.79. The van der Waals surface area contributed by atoms with Gasteiger partial charge in [-0.3, -0.25) is 4.79 Å². The van der Waals surface area contributed by atoms with Crippen LogP contribution in [-0.4, -0.2) is 25.7 Å². The zero-order chi connectivity index (χ0) is 18.1. The van der Waals surface area contributed by atoms with Gasteiger partial charge in [0.25, 0.3) is 5.91 Å². The van der Waals surface area contributed by atoms with Crippen LogP contribution in [-0.2, 0) is 4.79 Å². The summed E-state index contributed by atoms with van der Waals surface area (Å²) in [5.41, 5.74) is 0.684. The fraction of sp³-hybridized carbons (Fsp3) is 0.250. The molecule has 132 valence electrons. The quantitative estimate of drug-likeness (QED) is 0.699. The van der Waals surface area contributed by atoms with Crippen molar-refractivity contribution in [3.05, 3.63) is 61.2 Å². The summed E-state index contributed by atoms with van der Waals surface area (Å²) in [5, 5.41) is 2.85. The minimum absolute atomic E-state index is 0.204. The third-order valence-electron chi connectivity index (χ3n) is 3.47. The third kappa shape index (κ3) is 5.57. The molecule has 1 N–H and O–H groups in total. The number of benzene rings is 2. The molecule has 0 saturated heterocycles. The van der Waals surface area contributed by atoms with E-state index in [1.807, 2.05) is 19.1 Å². The highest BCUT2D eigenvalue weighted by Gasteiger charge is 2.18. The first-order valence-electron chi connectivity index (χ1n) is 8.11. The highest BCUT2D eigenvalue weighted by atomic mass is 16.5. The maximum Gasteiger partial charge on any atom is 0.265 e. The lowest BCUT2D eigenvalue weighted by Gasteiger charge is -2.18. The Bertz CT molecular complexity index is 697. The van der Waals surface area contributed by atoms with Crippen LogP contribution in [0.2, 0.25) is 0 Å². The lowest BCUT2D eigenvalue weighted by atomic mass is 10.2. The van der Waals surface area contributed by atoms with Crippen molar-refractivity contribution in [2.75, 3.05) is 19.0 Å². The van der Waals surface area contributed by atoms with Gasteiger partial charge in [0, 0.05) is 11.8 Å². The van der Waals surface area contributed by atoms with Crippen molar-refractivity contribution in [1.82, 2.24) is 0 Å². The summed E-state index contributed by atoms with van der Waals surface area (Å²) in [7, 11) is 1.59. The van der Waals surface area contributed by atoms with Crippen LogP contribution in [0.1, 0.15) is 13.3 Å². The Morgan fingerprint density at radius 3 is 2.52 bits per heavy atom. The van der Waals surface area contributed by atoms with E-state index < -0.39 is 6.10 Å². The van der Waals surface area contributed by atoms with Crippen molar-refractivity contribution in [3.63, 3.8) is 0 Å². The van der Waals surface area contributed by atoms with Gasteiger partial charge in [-0.1, -0.05) is 25.6 Å². The molecule has 0 aromatic heterocycles. The Morgan fingerprint density at radius 2 is 1.88 bits per heavy atom. The molecule has 1 atom stereocenters. The van der Waals surface area contributed by atoms with E-state index in [9.17, 15) is 4.79 Å². The van der Waals surface area contributed by atoms with Gasteiger partial charge in [0.2, 0.25) is 0 Å². The van der Waals surface area contributed by atoms with Crippen molar-refractivity contribution < 1.29 is 19.0 Å². The molecule has 0 fully saturated rings. The molecule has 0 saturated carbocycles. The van der Waals surface area contributed by atoms with Crippen molar-refractivity contribution in [1.29, 1.82) is 0 Å². The summed E-state index contributed by atoms with van der Waals surface area (Å²) in [6.07, 6.45) is 1.63. The average molecular weight is 341 g/mol. The first kappa shape index (κ1) is 18.4. The number of nitrogens with one attached hydrogen (secondary N) is 1. The summed E-state index contributed by atoms with van der Waals surface area (Å²) in [6, 6.07) is 14.4. The van der Waals surface area contributed by atoms with Gasteiger partial charge < -0.3 is 19.5 Å². The van der Waals surface area contributed by atoms with Crippen molar-refractivity contribution in [3.8, 4) is 17.2 Å². The van der Waals surface area contributed by atoms with Crippen LogP contribution in [0, 0.1) is 0 Å². The zero-order valence-electron chi connectivity index (χ0n) is 14.5. The predicted octanol–water partition coefficient (Wildman–Crippen LogP) is 4.06. The Hall–Kier alpha value is -2.95. The van der Waals surface area contributed by atoms with E-state index in [0.29, 0.717) is 30.2 Å². The maximum atomic E-state index is 12.4. The van der Waals surface area contributed by atoms with Crippen molar-refractivity contribution >= 4 is 11.6 Å². The number of rotatable bonds is 9. The van der Waals surface area contributed by atoms with Gasteiger partial charge in [-0.2, -0.15) is 0 Å². The van der Waals surface area contributed by atoms with Crippen LogP contribution < -0.4 is 19.5 Å². The fourth-order valence-electron chi connectivity index (χ4n) is 2.17. The number of carbonyl (C=O) groups excluding carboxylic acids is 1. The Labute approximate surface area is 148 Å². The van der Waals surface area contributed by atoms with Gasteiger partial charge in [-0.05, 0) is 42.8 Å². The number of anilines is 1. The van der Waals surface area contributed by atoms with Gasteiger partial charge in [0.15, 0.2) is 6.10 Å². The second kappa shape index (κ2) is 9.37. The average Bonchev–Trinajstić information content (AvgIpc) is 2.65. The van der Waals surface area contributed by atoms with Gasteiger partial charge in [-0.15, -0.1) is 0 Å². The highest BCUT2D eigenvalue weighted by Crippen LogP contribution is 2.21. The number of ether oxygens (including phenoxy) is 3. The number of methoxy groups -OCH3 is 1. The number of amides is 1. The van der Waals surface area contributed by atoms with Gasteiger partial charge in [-0.25, -0.2) is 0 Å². The molecule has 2 aromatic carbocycles. The van der Waals surface area contributed by atoms with Crippen LogP contribution in [0.3, 0.4) is 0 Å². The molecule has 1 amide bonds. The van der Waals surface area contributed by atoms with Crippen LogP contribution in [0.4, 0.5) is 5.69 Å². The summed E-state index contributed by atoms with van der Waals surface area (Å²) >= 11 is 0. The normalized spacial score (nSPS) is 11.3. The molecule has 5 nitrogen and oxygen atoms in total. The highest BCUT2D eigenvalue weighted by molar-refractivity contribution is 5.94. The zero-order valence-corrected chi connectivity index (χ0v) is 14.5.